The Bertz CT molecular complexity index is 2340. The number of carbonyl (C=O) groups excluding carboxylic acids is 2. The van der Waals surface area contributed by atoms with Gasteiger partial charge in [-0.2, -0.15) is 0 Å². The molecule has 2 heterocycles. The maximum atomic E-state index is 14.1. The van der Waals surface area contributed by atoms with Crippen molar-refractivity contribution in [2.24, 2.45) is 11.5 Å². The van der Waals surface area contributed by atoms with Crippen molar-refractivity contribution in [3.63, 3.8) is 0 Å². The number of amides is 2. The fourth-order valence-electron chi connectivity index (χ4n) is 4.21. The van der Waals surface area contributed by atoms with Gasteiger partial charge in [-0.15, -0.1) is 22.7 Å². The van der Waals surface area contributed by atoms with Crippen molar-refractivity contribution in [3.05, 3.63) is 151 Å². The molecule has 0 atom stereocenters. The van der Waals surface area contributed by atoms with Gasteiger partial charge in [0.25, 0.3) is 11.8 Å². The van der Waals surface area contributed by atoms with E-state index in [1.165, 1.54) is 11.3 Å². The van der Waals surface area contributed by atoms with E-state index in [2.05, 4.69) is 41.3 Å². The van der Waals surface area contributed by atoms with Crippen molar-refractivity contribution in [1.82, 2.24) is 9.97 Å². The minimum Gasteiger partial charge on any atom is -0.505 e. The smallest absolute Gasteiger partial charge is 0.254 e. The lowest BCUT2D eigenvalue weighted by molar-refractivity contribution is 0.0982. The summed E-state index contributed by atoms with van der Waals surface area (Å²) in [5.41, 5.74) is 12.6. The Morgan fingerprint density at radius 3 is 1.60 bits per heavy atom. The number of hydrogen-bond acceptors (Lipinski definition) is 8. The van der Waals surface area contributed by atoms with Crippen LogP contribution in [0.25, 0.3) is 32.2 Å². The average Bonchev–Trinajstić information content (AvgIpc) is 3.84. The third-order valence-electron chi connectivity index (χ3n) is 6.77. The summed E-state index contributed by atoms with van der Waals surface area (Å²) in [7, 11) is 0. The van der Waals surface area contributed by atoms with Gasteiger partial charge in [-0.3, -0.25) is 9.59 Å². The Morgan fingerprint density at radius 1 is 0.717 bits per heavy atom. The first-order chi connectivity index (χ1) is 25.4. The van der Waals surface area contributed by atoms with Crippen molar-refractivity contribution < 1.29 is 37.0 Å². The molecular formula is C36H23BrF4N6O4S2. The zero-order chi connectivity index (χ0) is 38.7. The van der Waals surface area contributed by atoms with Crippen LogP contribution in [0.15, 0.2) is 83.6 Å². The van der Waals surface area contributed by atoms with Gasteiger partial charge in [0.2, 0.25) is 0 Å². The number of rotatable bonds is 8. The van der Waals surface area contributed by atoms with E-state index in [1.807, 2.05) is 29.6 Å². The Labute approximate surface area is 315 Å². The monoisotopic (exact) mass is 822 g/mol. The van der Waals surface area contributed by atoms with Crippen LogP contribution in [-0.4, -0.2) is 26.9 Å². The number of carbonyl (C=O) groups is 2. The van der Waals surface area contributed by atoms with Crippen molar-refractivity contribution in [1.29, 1.82) is 0 Å². The molecule has 0 aliphatic heterocycles. The molecule has 10 nitrogen and oxygen atoms in total. The Morgan fingerprint density at radius 2 is 1.17 bits per heavy atom. The van der Waals surface area contributed by atoms with Gasteiger partial charge in [-0.05, 0) is 35.4 Å². The normalized spacial score (nSPS) is 10.1. The highest BCUT2D eigenvalue weighted by atomic mass is 79.9. The molecule has 0 bridgehead atoms. The number of aromatic hydroxyl groups is 1. The predicted octanol–water partition coefficient (Wildman–Crippen LogP) is 9.34. The Kier molecular flexibility index (Phi) is 13.7. The van der Waals surface area contributed by atoms with Gasteiger partial charge in [0.1, 0.15) is 39.4 Å². The number of hydrogen-bond donors (Lipinski definition) is 3. The number of aromatic nitrogens is 2. The minimum absolute atomic E-state index is 0.0500. The fourth-order valence-corrected chi connectivity index (χ4v) is 6.09. The van der Waals surface area contributed by atoms with Crippen LogP contribution in [0.4, 0.5) is 28.9 Å². The van der Waals surface area contributed by atoms with E-state index < -0.39 is 52.0 Å². The molecule has 2 aromatic heterocycles. The fraction of sp³-hybridized carbons (Fsp3) is 0.0556. The minimum atomic E-state index is -1.33. The maximum absolute atomic E-state index is 14.1. The van der Waals surface area contributed by atoms with Gasteiger partial charge in [-0.25, -0.2) is 37.2 Å². The number of nitrogens with zero attached hydrogens (tertiary/aromatic N) is 4. The second-order valence-corrected chi connectivity index (χ2v) is 12.7. The summed E-state index contributed by atoms with van der Waals surface area (Å²) in [5, 5.41) is 15.0. The first-order valence-corrected chi connectivity index (χ1v) is 17.5. The summed E-state index contributed by atoms with van der Waals surface area (Å²) >= 11 is 6.32. The lowest BCUT2D eigenvalue weighted by Gasteiger charge is -2.08. The lowest BCUT2D eigenvalue weighted by atomic mass is 10.1. The standard InChI is InChI=1S/C18H11F2N3O2S.C11H7BrN2S.C7H5F2NO2/c1-22-11-4-2-10(3-5-11)13-9-26-15(23-13)8-25-14-7-6-12(19)16(17(14)20)18(21)24;1-13-9-4-2-8(3-5-9)10-7-15-11(6-12)14-10;8-3-1-2-4(11)6(9)5(3)7(10)12/h2-7,9H,8H2,(H2,21,24);2-5,7H,6H2;1-2,11H,(H2,10,12). The van der Waals surface area contributed by atoms with Crippen LogP contribution in [0, 0.1) is 36.4 Å². The van der Waals surface area contributed by atoms with E-state index in [1.54, 1.807) is 41.0 Å². The molecule has 268 valence electrons. The topological polar surface area (TPSA) is 150 Å². The number of primary amides is 2. The summed E-state index contributed by atoms with van der Waals surface area (Å²) in [6, 6.07) is 18.0. The van der Waals surface area contributed by atoms with E-state index in [0.717, 1.165) is 51.4 Å². The second kappa shape index (κ2) is 18.4. The third-order valence-corrected chi connectivity index (χ3v) is 9.35. The van der Waals surface area contributed by atoms with Gasteiger partial charge in [0, 0.05) is 10.8 Å². The summed E-state index contributed by atoms with van der Waals surface area (Å²) < 4.78 is 58.3. The largest absolute Gasteiger partial charge is 0.505 e. The highest BCUT2D eigenvalue weighted by molar-refractivity contribution is 9.08. The van der Waals surface area contributed by atoms with Crippen LogP contribution in [0.5, 0.6) is 11.5 Å². The Balaban J connectivity index is 0.000000196. The number of alkyl halides is 1. The van der Waals surface area contributed by atoms with Gasteiger partial charge in [0.05, 0.1) is 29.9 Å². The van der Waals surface area contributed by atoms with Gasteiger partial charge >= 0.3 is 0 Å². The van der Waals surface area contributed by atoms with E-state index in [9.17, 15) is 27.2 Å². The molecule has 6 rings (SSSR count). The first kappa shape index (κ1) is 39.6. The summed E-state index contributed by atoms with van der Waals surface area (Å²) in [4.78, 5) is 37.1. The van der Waals surface area contributed by atoms with E-state index in [0.29, 0.717) is 22.1 Å². The molecule has 53 heavy (non-hydrogen) atoms. The molecule has 0 saturated heterocycles. The molecule has 17 heteroatoms. The average molecular weight is 824 g/mol. The number of nitrogens with two attached hydrogens (primary N) is 2. The molecule has 0 fully saturated rings. The van der Waals surface area contributed by atoms with Crippen molar-refractivity contribution in [2.45, 2.75) is 11.9 Å². The highest BCUT2D eigenvalue weighted by Gasteiger charge is 2.20. The molecule has 0 aliphatic carbocycles. The molecule has 6 aromatic rings. The second-order valence-electron chi connectivity index (χ2n) is 10.2. The SMILES string of the molecule is NC(=O)c1c(F)ccc(O)c1F.[C-]#[N+]c1ccc(-c2csc(CBr)n2)cc1.[C-]#[N+]c1ccc(-c2csc(COc3ccc(F)c(C(N)=O)c3F)n2)cc1. The van der Waals surface area contributed by atoms with Crippen LogP contribution >= 0.6 is 38.6 Å². The molecule has 2 amide bonds. The molecular weight excluding hydrogens is 800 g/mol. The van der Waals surface area contributed by atoms with Gasteiger partial charge < -0.3 is 21.3 Å². The third kappa shape index (κ3) is 10.2. The molecule has 0 aliphatic rings. The van der Waals surface area contributed by atoms with Crippen LogP contribution < -0.4 is 16.2 Å². The number of benzene rings is 4. The van der Waals surface area contributed by atoms with Crippen molar-refractivity contribution >= 4 is 61.8 Å². The Hall–Kier alpha value is -6.14. The van der Waals surface area contributed by atoms with Crippen LogP contribution in [0.2, 0.25) is 0 Å². The van der Waals surface area contributed by atoms with E-state index in [4.69, 9.17) is 28.7 Å². The van der Waals surface area contributed by atoms with Gasteiger partial charge in [-0.1, -0.05) is 64.5 Å². The van der Waals surface area contributed by atoms with Crippen LogP contribution in [0.1, 0.15) is 30.7 Å². The zero-order valence-corrected chi connectivity index (χ0v) is 30.0. The molecule has 5 N–H and O–H groups in total. The summed E-state index contributed by atoms with van der Waals surface area (Å²) in [6.07, 6.45) is 0. The summed E-state index contributed by atoms with van der Waals surface area (Å²) in [5.74, 6) is -8.12. The number of phenols is 1. The number of ether oxygens (including phenoxy) is 1. The summed E-state index contributed by atoms with van der Waals surface area (Å²) in [6.45, 7) is 13.8. The number of phenolic OH excluding ortho intramolecular Hbond substituents is 1. The molecule has 0 radical (unpaired) electrons. The van der Waals surface area contributed by atoms with Crippen LogP contribution in [-0.2, 0) is 11.9 Å². The highest BCUT2D eigenvalue weighted by Crippen LogP contribution is 2.28. The zero-order valence-electron chi connectivity index (χ0n) is 26.8. The van der Waals surface area contributed by atoms with Crippen molar-refractivity contribution in [3.8, 4) is 34.0 Å². The molecule has 0 saturated carbocycles. The van der Waals surface area contributed by atoms with Crippen molar-refractivity contribution in [2.75, 3.05) is 0 Å². The predicted molar refractivity (Wildman–Crippen MR) is 196 cm³/mol. The number of thiazole rings is 2. The molecule has 4 aromatic carbocycles. The quantitative estimate of drug-likeness (QED) is 0.0791. The van der Waals surface area contributed by atoms with E-state index in [-0.39, 0.29) is 12.4 Å². The van der Waals surface area contributed by atoms with Crippen LogP contribution in [0.3, 0.4) is 0 Å². The molecule has 0 unspecified atom stereocenters. The maximum Gasteiger partial charge on any atom is 0.254 e. The lowest BCUT2D eigenvalue weighted by Crippen LogP contribution is -2.16. The molecule has 0 spiro atoms. The number of halogens is 5. The van der Waals surface area contributed by atoms with Gasteiger partial charge in [0.15, 0.2) is 34.5 Å². The van der Waals surface area contributed by atoms with E-state index >= 15 is 0 Å². The first-order valence-electron chi connectivity index (χ1n) is 14.6.